The van der Waals surface area contributed by atoms with Crippen molar-refractivity contribution in [3.63, 3.8) is 0 Å². The molecule has 1 aromatic rings. The predicted molar refractivity (Wildman–Crippen MR) is 56.4 cm³/mol. The van der Waals surface area contributed by atoms with Crippen LogP contribution in [0.15, 0.2) is 12.3 Å². The van der Waals surface area contributed by atoms with Crippen molar-refractivity contribution in [3.8, 4) is 0 Å². The number of carbonyl (C=O) groups excluding carboxylic acids is 1. The Morgan fingerprint density at radius 1 is 1.69 bits per heavy atom. The lowest BCUT2D eigenvalue weighted by atomic mass is 10.2. The number of hydrogen-bond acceptors (Lipinski definition) is 6. The van der Waals surface area contributed by atoms with Gasteiger partial charge in [-0.05, 0) is 6.92 Å². The minimum Gasteiger partial charge on any atom is -0.465 e. The van der Waals surface area contributed by atoms with Crippen LogP contribution in [0.5, 0.6) is 0 Å². The van der Waals surface area contributed by atoms with Crippen LogP contribution >= 0.6 is 0 Å². The summed E-state index contributed by atoms with van der Waals surface area (Å²) in [5.74, 6) is -0.515. The Balaban J connectivity index is 3.17. The quantitative estimate of drug-likeness (QED) is 0.470. The summed E-state index contributed by atoms with van der Waals surface area (Å²) in [5.41, 5.74) is -0.194. The van der Waals surface area contributed by atoms with Gasteiger partial charge in [-0.15, -0.1) is 0 Å². The molecule has 86 valence electrons. The third-order valence-electron chi connectivity index (χ3n) is 1.83. The summed E-state index contributed by atoms with van der Waals surface area (Å²) in [6.07, 6.45) is 1.23. The Labute approximate surface area is 91.6 Å². The molecule has 7 nitrogen and oxygen atoms in total. The number of aromatic nitrogens is 1. The number of nitrogens with one attached hydrogen (secondary N) is 1. The normalized spacial score (nSPS) is 9.62. The van der Waals surface area contributed by atoms with Crippen molar-refractivity contribution >= 4 is 17.5 Å². The van der Waals surface area contributed by atoms with E-state index in [1.165, 1.54) is 13.3 Å². The number of methoxy groups -OCH3 is 1. The molecule has 0 radical (unpaired) electrons. The van der Waals surface area contributed by atoms with Crippen LogP contribution in [-0.4, -0.2) is 29.5 Å². The molecule has 7 heteroatoms. The number of esters is 1. The van der Waals surface area contributed by atoms with Gasteiger partial charge in [0.2, 0.25) is 5.82 Å². The van der Waals surface area contributed by atoms with Crippen LogP contribution < -0.4 is 5.32 Å². The van der Waals surface area contributed by atoms with Crippen LogP contribution in [0.25, 0.3) is 0 Å². The van der Waals surface area contributed by atoms with E-state index in [0.29, 0.717) is 6.54 Å². The van der Waals surface area contributed by atoms with Gasteiger partial charge in [-0.2, -0.15) is 0 Å². The highest BCUT2D eigenvalue weighted by Gasteiger charge is 2.18. The van der Waals surface area contributed by atoms with Crippen LogP contribution in [-0.2, 0) is 4.74 Å². The van der Waals surface area contributed by atoms with E-state index in [0.717, 1.165) is 6.07 Å². The number of hydrogen-bond donors (Lipinski definition) is 1. The minimum absolute atomic E-state index is 0.0517. The molecule has 1 rings (SSSR count). The highest BCUT2D eigenvalue weighted by molar-refractivity contribution is 5.90. The number of nitrogens with zero attached hydrogens (tertiary/aromatic N) is 2. The highest BCUT2D eigenvalue weighted by atomic mass is 16.6. The number of carbonyl (C=O) groups is 1. The second-order valence-electron chi connectivity index (χ2n) is 2.87. The molecule has 1 N–H and O–H groups in total. The fourth-order valence-electron chi connectivity index (χ4n) is 1.13. The number of rotatable bonds is 4. The van der Waals surface area contributed by atoms with Gasteiger partial charge >= 0.3 is 11.7 Å². The minimum atomic E-state index is -0.654. The maximum atomic E-state index is 11.2. The topological polar surface area (TPSA) is 94.4 Å². The van der Waals surface area contributed by atoms with Crippen molar-refractivity contribution in [3.05, 3.63) is 27.9 Å². The zero-order chi connectivity index (χ0) is 12.1. The maximum Gasteiger partial charge on any atom is 0.339 e. The summed E-state index contributed by atoms with van der Waals surface area (Å²) in [5, 5.41) is 13.5. The van der Waals surface area contributed by atoms with Crippen LogP contribution in [0.4, 0.5) is 11.5 Å². The molecule has 0 aromatic carbocycles. The molecule has 0 saturated carbocycles. The van der Waals surface area contributed by atoms with Gasteiger partial charge in [0, 0.05) is 18.8 Å². The molecule has 16 heavy (non-hydrogen) atoms. The van der Waals surface area contributed by atoms with Crippen molar-refractivity contribution in [2.24, 2.45) is 0 Å². The van der Waals surface area contributed by atoms with Gasteiger partial charge in [-0.3, -0.25) is 10.1 Å². The number of pyridine rings is 1. The van der Waals surface area contributed by atoms with E-state index in [1.54, 1.807) is 6.92 Å². The van der Waals surface area contributed by atoms with E-state index in [2.05, 4.69) is 15.0 Å². The van der Waals surface area contributed by atoms with E-state index in [9.17, 15) is 14.9 Å². The van der Waals surface area contributed by atoms with Crippen molar-refractivity contribution in [1.82, 2.24) is 4.98 Å². The van der Waals surface area contributed by atoms with E-state index < -0.39 is 10.9 Å². The van der Waals surface area contributed by atoms with Gasteiger partial charge in [0.25, 0.3) is 0 Å². The van der Waals surface area contributed by atoms with Crippen LogP contribution in [0.2, 0.25) is 0 Å². The summed E-state index contributed by atoms with van der Waals surface area (Å²) in [7, 11) is 1.20. The number of nitro groups is 1. The first-order valence-corrected chi connectivity index (χ1v) is 4.56. The largest absolute Gasteiger partial charge is 0.465 e. The molecule has 0 aliphatic rings. The van der Waals surface area contributed by atoms with Gasteiger partial charge in [0.1, 0.15) is 0 Å². The summed E-state index contributed by atoms with van der Waals surface area (Å²) in [4.78, 5) is 25.1. The van der Waals surface area contributed by atoms with E-state index in [4.69, 9.17) is 0 Å². The van der Waals surface area contributed by atoms with E-state index in [-0.39, 0.29) is 17.1 Å². The zero-order valence-electron chi connectivity index (χ0n) is 8.89. The van der Waals surface area contributed by atoms with Gasteiger partial charge in [0.15, 0.2) is 0 Å². The highest BCUT2D eigenvalue weighted by Crippen LogP contribution is 2.22. The first-order valence-electron chi connectivity index (χ1n) is 4.56. The van der Waals surface area contributed by atoms with Crippen molar-refractivity contribution in [2.45, 2.75) is 6.92 Å². The van der Waals surface area contributed by atoms with Gasteiger partial charge in [-0.25, -0.2) is 9.78 Å². The molecule has 0 amide bonds. The van der Waals surface area contributed by atoms with Crippen LogP contribution in [0.3, 0.4) is 0 Å². The Hall–Kier alpha value is -2.18. The third kappa shape index (κ3) is 2.44. The molecule has 1 heterocycles. The molecular formula is C9H11N3O4. The van der Waals surface area contributed by atoms with Gasteiger partial charge in [-0.1, -0.05) is 0 Å². The standard InChI is InChI=1S/C9H11N3O4/c1-3-10-8-7(12(14)15)4-6(5-11-8)9(13)16-2/h4-5H,3H2,1-2H3,(H,10,11). The molecular weight excluding hydrogens is 214 g/mol. The summed E-state index contributed by atoms with van der Waals surface area (Å²) < 4.78 is 4.45. The van der Waals surface area contributed by atoms with Crippen LogP contribution in [0, 0.1) is 10.1 Å². The second-order valence-corrected chi connectivity index (χ2v) is 2.87. The first kappa shape index (κ1) is 11.9. The first-order chi connectivity index (χ1) is 7.60. The zero-order valence-corrected chi connectivity index (χ0v) is 8.89. The lowest BCUT2D eigenvalue weighted by Crippen LogP contribution is -2.07. The molecule has 0 aliphatic heterocycles. The summed E-state index contributed by atoms with van der Waals surface area (Å²) >= 11 is 0. The molecule has 0 bridgehead atoms. The molecule has 0 spiro atoms. The fourth-order valence-corrected chi connectivity index (χ4v) is 1.13. The maximum absolute atomic E-state index is 11.2. The monoisotopic (exact) mass is 225 g/mol. The second kappa shape index (κ2) is 5.06. The molecule has 0 aliphatic carbocycles. The summed E-state index contributed by atoms with van der Waals surface area (Å²) in [6.45, 7) is 2.30. The molecule has 0 atom stereocenters. The lowest BCUT2D eigenvalue weighted by molar-refractivity contribution is -0.384. The van der Waals surface area contributed by atoms with Gasteiger partial charge < -0.3 is 10.1 Å². The Kier molecular flexibility index (Phi) is 3.76. The molecule has 0 saturated heterocycles. The van der Waals surface area contributed by atoms with Crippen molar-refractivity contribution < 1.29 is 14.5 Å². The average molecular weight is 225 g/mol. The van der Waals surface area contributed by atoms with Crippen molar-refractivity contribution in [2.75, 3.05) is 19.0 Å². The Morgan fingerprint density at radius 3 is 2.88 bits per heavy atom. The van der Waals surface area contributed by atoms with Gasteiger partial charge in [0.05, 0.1) is 17.6 Å². The fraction of sp³-hybridized carbons (Fsp3) is 0.333. The predicted octanol–water partition coefficient (Wildman–Crippen LogP) is 1.21. The average Bonchev–Trinajstić information content (AvgIpc) is 2.28. The number of ether oxygens (including phenoxy) is 1. The molecule has 0 unspecified atom stereocenters. The number of anilines is 1. The Bertz CT molecular complexity index is 419. The lowest BCUT2D eigenvalue weighted by Gasteiger charge is -2.04. The van der Waals surface area contributed by atoms with Crippen molar-refractivity contribution in [1.29, 1.82) is 0 Å². The molecule has 0 fully saturated rings. The van der Waals surface area contributed by atoms with E-state index in [1.807, 2.05) is 0 Å². The smallest absolute Gasteiger partial charge is 0.339 e. The summed E-state index contributed by atoms with van der Waals surface area (Å²) in [6, 6.07) is 1.14. The van der Waals surface area contributed by atoms with Crippen LogP contribution in [0.1, 0.15) is 17.3 Å². The SMILES string of the molecule is CCNc1ncc(C(=O)OC)cc1[N+](=O)[O-]. The molecule has 1 aromatic heterocycles. The van der Waals surface area contributed by atoms with E-state index >= 15 is 0 Å². The third-order valence-corrected chi connectivity index (χ3v) is 1.83. The Morgan fingerprint density at radius 2 is 2.38 bits per heavy atom.